The van der Waals surface area contributed by atoms with E-state index in [9.17, 15) is 8.42 Å². The van der Waals surface area contributed by atoms with Gasteiger partial charge in [-0.25, -0.2) is 8.42 Å². The first-order chi connectivity index (χ1) is 8.91. The zero-order valence-corrected chi connectivity index (χ0v) is 12.2. The van der Waals surface area contributed by atoms with E-state index in [1.807, 2.05) is 32.0 Å². The number of nitrogens with zero attached hydrogens (tertiary/aromatic N) is 2. The zero-order chi connectivity index (χ0) is 14.0. The summed E-state index contributed by atoms with van der Waals surface area (Å²) in [6.07, 6.45) is 0. The first-order valence-electron chi connectivity index (χ1n) is 6.54. The average molecular weight is 283 g/mol. The zero-order valence-electron chi connectivity index (χ0n) is 11.4. The molecule has 0 spiro atoms. The number of sulfone groups is 1. The van der Waals surface area contributed by atoms with Crippen LogP contribution in [0.5, 0.6) is 0 Å². The molecule has 2 atom stereocenters. The Labute approximate surface area is 114 Å². The van der Waals surface area contributed by atoms with Gasteiger partial charge in [0.25, 0.3) is 0 Å². The van der Waals surface area contributed by atoms with Crippen LogP contribution in [0.2, 0.25) is 0 Å². The Kier molecular flexibility index (Phi) is 4.23. The van der Waals surface area contributed by atoms with Crippen LogP contribution in [0.15, 0.2) is 18.2 Å². The highest BCUT2D eigenvalue weighted by Gasteiger charge is 2.38. The smallest absolute Gasteiger partial charge is 0.153 e. The minimum absolute atomic E-state index is 0.0927. The number of rotatable bonds is 4. The Bertz CT molecular complexity index is 545. The summed E-state index contributed by atoms with van der Waals surface area (Å²) < 4.78 is 23.3. The summed E-state index contributed by atoms with van der Waals surface area (Å²) in [4.78, 5) is 6.57. The van der Waals surface area contributed by atoms with Crippen molar-refractivity contribution >= 4 is 9.84 Å². The molecular formula is C13H21N3O2S. The van der Waals surface area contributed by atoms with Crippen LogP contribution in [0.3, 0.4) is 0 Å². The number of aryl methyl sites for hydroxylation is 1. The van der Waals surface area contributed by atoms with E-state index in [4.69, 9.17) is 5.73 Å². The lowest BCUT2D eigenvalue weighted by atomic mass is 10.1. The molecule has 1 fully saturated rings. The third-order valence-corrected chi connectivity index (χ3v) is 5.29. The van der Waals surface area contributed by atoms with E-state index < -0.39 is 9.84 Å². The molecule has 6 heteroatoms. The Morgan fingerprint density at radius 1 is 1.42 bits per heavy atom. The Morgan fingerprint density at radius 3 is 2.68 bits per heavy atom. The van der Waals surface area contributed by atoms with Gasteiger partial charge < -0.3 is 5.73 Å². The summed E-state index contributed by atoms with van der Waals surface area (Å²) in [7, 11) is -2.99. The van der Waals surface area contributed by atoms with Gasteiger partial charge in [0.1, 0.15) is 0 Å². The molecule has 0 bridgehead atoms. The molecule has 0 saturated carbocycles. The lowest BCUT2D eigenvalue weighted by molar-refractivity contribution is 0.197. The topological polar surface area (TPSA) is 76.3 Å². The van der Waals surface area contributed by atoms with E-state index in [0.29, 0.717) is 6.54 Å². The number of aromatic nitrogens is 1. The van der Waals surface area contributed by atoms with Gasteiger partial charge in [-0.05, 0) is 25.6 Å². The SMILES string of the molecule is CCN(Cc1cccc(C)n1)C1CS(=O)(=O)CC1N. The Balaban J connectivity index is 2.13. The van der Waals surface area contributed by atoms with Crippen molar-refractivity contribution in [3.05, 3.63) is 29.6 Å². The molecule has 0 radical (unpaired) electrons. The largest absolute Gasteiger partial charge is 0.325 e. The molecule has 19 heavy (non-hydrogen) atoms. The molecule has 1 aromatic heterocycles. The maximum Gasteiger partial charge on any atom is 0.153 e. The fraction of sp³-hybridized carbons (Fsp3) is 0.615. The molecule has 0 amide bonds. The summed E-state index contributed by atoms with van der Waals surface area (Å²) in [6.45, 7) is 5.38. The molecule has 2 N–H and O–H groups in total. The molecule has 0 aliphatic carbocycles. The van der Waals surface area contributed by atoms with Gasteiger partial charge in [-0.15, -0.1) is 0 Å². The van der Waals surface area contributed by atoms with Crippen molar-refractivity contribution in [2.45, 2.75) is 32.5 Å². The highest BCUT2D eigenvalue weighted by Crippen LogP contribution is 2.18. The maximum atomic E-state index is 11.7. The van der Waals surface area contributed by atoms with Crippen LogP contribution in [0.4, 0.5) is 0 Å². The van der Waals surface area contributed by atoms with Crippen molar-refractivity contribution in [3.8, 4) is 0 Å². The molecule has 0 aromatic carbocycles. The van der Waals surface area contributed by atoms with Crippen LogP contribution in [0.1, 0.15) is 18.3 Å². The summed E-state index contributed by atoms with van der Waals surface area (Å²) >= 11 is 0. The van der Waals surface area contributed by atoms with Crippen molar-refractivity contribution in [1.82, 2.24) is 9.88 Å². The molecule has 2 unspecified atom stereocenters. The van der Waals surface area contributed by atoms with Gasteiger partial charge >= 0.3 is 0 Å². The van der Waals surface area contributed by atoms with Crippen LogP contribution in [-0.4, -0.2) is 48.4 Å². The van der Waals surface area contributed by atoms with Crippen LogP contribution < -0.4 is 5.73 Å². The van der Waals surface area contributed by atoms with Crippen molar-refractivity contribution < 1.29 is 8.42 Å². The normalized spacial score (nSPS) is 25.9. The van der Waals surface area contributed by atoms with Crippen LogP contribution in [0, 0.1) is 6.92 Å². The Hall–Kier alpha value is -0.980. The number of hydrogen-bond donors (Lipinski definition) is 1. The second-order valence-electron chi connectivity index (χ2n) is 5.14. The van der Waals surface area contributed by atoms with E-state index in [-0.39, 0.29) is 23.6 Å². The first kappa shape index (κ1) is 14.4. The lowest BCUT2D eigenvalue weighted by Gasteiger charge is -2.29. The average Bonchev–Trinajstić information content (AvgIpc) is 2.60. The molecule has 2 heterocycles. The highest BCUT2D eigenvalue weighted by molar-refractivity contribution is 7.91. The van der Waals surface area contributed by atoms with Gasteiger partial charge in [-0.1, -0.05) is 13.0 Å². The summed E-state index contributed by atoms with van der Waals surface area (Å²) in [5.74, 6) is 0.253. The summed E-state index contributed by atoms with van der Waals surface area (Å²) in [5.41, 5.74) is 7.90. The second kappa shape index (κ2) is 5.56. The van der Waals surface area contributed by atoms with Crippen LogP contribution >= 0.6 is 0 Å². The predicted octanol–water partition coefficient (Wildman–Crippen LogP) is 0.336. The lowest BCUT2D eigenvalue weighted by Crippen LogP contribution is -2.46. The van der Waals surface area contributed by atoms with Gasteiger partial charge in [0.2, 0.25) is 0 Å². The third-order valence-electron chi connectivity index (χ3n) is 3.55. The van der Waals surface area contributed by atoms with Crippen molar-refractivity contribution in [3.63, 3.8) is 0 Å². The van der Waals surface area contributed by atoms with E-state index >= 15 is 0 Å². The van der Waals surface area contributed by atoms with Crippen molar-refractivity contribution in [2.24, 2.45) is 5.73 Å². The monoisotopic (exact) mass is 283 g/mol. The van der Waals surface area contributed by atoms with Gasteiger partial charge in [-0.3, -0.25) is 9.88 Å². The van der Waals surface area contributed by atoms with E-state index in [0.717, 1.165) is 17.9 Å². The van der Waals surface area contributed by atoms with Gasteiger partial charge in [0.05, 0.1) is 17.2 Å². The van der Waals surface area contributed by atoms with Crippen LogP contribution in [-0.2, 0) is 16.4 Å². The molecule has 5 nitrogen and oxygen atoms in total. The van der Waals surface area contributed by atoms with E-state index in [2.05, 4.69) is 9.88 Å². The summed E-state index contributed by atoms with van der Waals surface area (Å²) in [6, 6.07) is 5.49. The molecular weight excluding hydrogens is 262 g/mol. The Morgan fingerprint density at radius 2 is 2.16 bits per heavy atom. The molecule has 106 valence electrons. The number of pyridine rings is 1. The molecule has 1 aliphatic rings. The maximum absolute atomic E-state index is 11.7. The van der Waals surface area contributed by atoms with Crippen molar-refractivity contribution in [2.75, 3.05) is 18.1 Å². The van der Waals surface area contributed by atoms with Gasteiger partial charge in [-0.2, -0.15) is 0 Å². The highest BCUT2D eigenvalue weighted by atomic mass is 32.2. The third kappa shape index (κ3) is 3.52. The number of hydrogen-bond acceptors (Lipinski definition) is 5. The molecule has 1 aliphatic heterocycles. The molecule has 1 saturated heterocycles. The molecule has 2 rings (SSSR count). The standard InChI is InChI=1S/C13H21N3O2S/c1-3-16(7-11-6-4-5-10(2)15-11)13-9-19(17,18)8-12(13)14/h4-6,12-13H,3,7-9,14H2,1-2H3. The fourth-order valence-corrected chi connectivity index (χ4v) is 4.51. The minimum atomic E-state index is -2.99. The predicted molar refractivity (Wildman–Crippen MR) is 75.5 cm³/mol. The quantitative estimate of drug-likeness (QED) is 0.862. The van der Waals surface area contributed by atoms with Crippen molar-refractivity contribution in [1.29, 1.82) is 0 Å². The summed E-state index contributed by atoms with van der Waals surface area (Å²) in [5, 5.41) is 0. The van der Waals surface area contributed by atoms with E-state index in [1.165, 1.54) is 0 Å². The molecule has 1 aromatic rings. The van der Waals surface area contributed by atoms with E-state index in [1.54, 1.807) is 0 Å². The fourth-order valence-electron chi connectivity index (χ4n) is 2.59. The minimum Gasteiger partial charge on any atom is -0.325 e. The van der Waals surface area contributed by atoms with Gasteiger partial charge in [0.15, 0.2) is 9.84 Å². The van der Waals surface area contributed by atoms with Gasteiger partial charge in [0, 0.05) is 24.3 Å². The second-order valence-corrected chi connectivity index (χ2v) is 7.30. The number of likely N-dealkylation sites (N-methyl/N-ethyl adjacent to an activating group) is 1. The first-order valence-corrected chi connectivity index (χ1v) is 8.36. The van der Waals surface area contributed by atoms with Crippen LogP contribution in [0.25, 0.3) is 0 Å². The number of nitrogens with two attached hydrogens (primary N) is 1.